The smallest absolute Gasteiger partial charge is 0.239 e. The van der Waals surface area contributed by atoms with Gasteiger partial charge >= 0.3 is 0 Å². The number of anilines is 1. The molecule has 2 bridgehead atoms. The quantitative estimate of drug-likeness (QED) is 0.288. The Bertz CT molecular complexity index is 1190. The highest BCUT2D eigenvalue weighted by Gasteiger charge is 2.72. The predicted octanol–water partition coefficient (Wildman–Crippen LogP) is 3.50. The van der Waals surface area contributed by atoms with Gasteiger partial charge in [-0.15, -0.1) is 0 Å². The molecule has 0 saturated carbocycles. The zero-order valence-electron chi connectivity index (χ0n) is 16.5. The number of carbonyl (C=O) groups excluding carboxylic acids is 2. The van der Waals surface area contributed by atoms with Crippen molar-refractivity contribution in [3.05, 3.63) is 100 Å². The lowest BCUT2D eigenvalue weighted by Gasteiger charge is -2.55. The number of quaternary nitrogens is 1. The molecule has 3 aliphatic carbocycles. The molecule has 2 N–H and O–H groups in total. The predicted molar refractivity (Wildman–Crippen MR) is 124 cm³/mol. The highest BCUT2D eigenvalue weighted by molar-refractivity contribution is 9.10. The molecule has 1 unspecified atom stereocenters. The molecule has 1 saturated heterocycles. The van der Waals surface area contributed by atoms with E-state index in [1.54, 1.807) is 0 Å². The summed E-state index contributed by atoms with van der Waals surface area (Å²) >= 11 is 7.92. The first kappa shape index (κ1) is 20.3. The van der Waals surface area contributed by atoms with Crippen molar-refractivity contribution in [2.24, 2.45) is 11.8 Å². The number of hydrogen-bond donors (Lipinski definition) is 2. The molecule has 4 aliphatic rings. The second-order valence-corrected chi connectivity index (χ2v) is 10.8. The number of amides is 2. The third-order valence-electron chi connectivity index (χ3n) is 6.96. The minimum Gasteiger partial charge on any atom is -0.595 e. The third kappa shape index (κ3) is 2.24. The van der Waals surface area contributed by atoms with E-state index in [4.69, 9.17) is 0 Å². The molecule has 7 rings (SSSR count). The maximum atomic E-state index is 13.9. The van der Waals surface area contributed by atoms with Crippen LogP contribution in [0.2, 0.25) is 0 Å². The number of imide groups is 1. The summed E-state index contributed by atoms with van der Waals surface area (Å²) in [5.74, 6) is -1.91. The Morgan fingerprint density at radius 1 is 0.750 bits per heavy atom. The maximum absolute atomic E-state index is 13.9. The number of benzene rings is 3. The van der Waals surface area contributed by atoms with Gasteiger partial charge in [0.2, 0.25) is 11.8 Å². The summed E-state index contributed by atoms with van der Waals surface area (Å²) in [6.45, 7) is 0. The zero-order valence-corrected chi connectivity index (χ0v) is 19.6. The van der Waals surface area contributed by atoms with Gasteiger partial charge in [0.1, 0.15) is 0 Å². The second kappa shape index (κ2) is 6.59. The fourth-order valence-electron chi connectivity index (χ4n) is 5.67. The van der Waals surface area contributed by atoms with E-state index >= 15 is 0 Å². The summed E-state index contributed by atoms with van der Waals surface area (Å²) in [4.78, 5) is 28.9. The first-order chi connectivity index (χ1) is 15.3. The molecule has 8 heteroatoms. The molecule has 2 amide bonds. The molecule has 1 heterocycles. The van der Waals surface area contributed by atoms with Crippen LogP contribution in [0.1, 0.15) is 22.3 Å². The number of halogens is 2. The van der Waals surface area contributed by atoms with E-state index in [-0.39, 0.29) is 17.5 Å². The summed E-state index contributed by atoms with van der Waals surface area (Å²) in [5, 5.41) is 19.4. The van der Waals surface area contributed by atoms with Crippen LogP contribution in [0.3, 0.4) is 0 Å². The van der Waals surface area contributed by atoms with Crippen LogP contribution < -0.4 is 10.1 Å². The van der Waals surface area contributed by atoms with Gasteiger partial charge in [-0.25, -0.2) is 10.1 Å². The van der Waals surface area contributed by atoms with Crippen molar-refractivity contribution in [2.75, 3.05) is 4.90 Å². The molecular formula is C24H16Br2N2O4. The van der Waals surface area contributed by atoms with Crippen molar-refractivity contribution in [1.29, 1.82) is 0 Å². The lowest BCUT2D eigenvalue weighted by molar-refractivity contribution is -0.991. The lowest BCUT2D eigenvalue weighted by Crippen LogP contribution is -2.99. The Balaban J connectivity index is 1.59. The Kier molecular flexibility index (Phi) is 4.17. The van der Waals surface area contributed by atoms with Gasteiger partial charge in [0, 0.05) is 12.1 Å². The van der Waals surface area contributed by atoms with Crippen LogP contribution in [0.15, 0.2) is 72.8 Å². The molecule has 3 aromatic rings. The highest BCUT2D eigenvalue weighted by Crippen LogP contribution is 2.70. The van der Waals surface area contributed by atoms with Crippen LogP contribution in [-0.4, -0.2) is 17.0 Å². The van der Waals surface area contributed by atoms with Crippen LogP contribution in [-0.2, 0) is 18.2 Å². The molecule has 3 aromatic carbocycles. The van der Waals surface area contributed by atoms with Gasteiger partial charge in [-0.1, -0.05) is 80.4 Å². The summed E-state index contributed by atoms with van der Waals surface area (Å²) in [6.07, 6.45) is 0. The standard InChI is InChI=1S/C24H16Br2N2O4/c25-23-15-5-1-2-6-16(15)24(26,18-8-4-3-7-17(18)23)20-19(23)21(29)27(22(20)30)13-9-11-14(12-10-13)28(31)32/h1-12,19-20,28,31H/t19-,20+,23?,24?. The SMILES string of the molecule is O=C1[C@@H]2[C@H](C(=O)N1c1ccc([NH+]([O-])O)cc1)C1(Br)c3ccccc3C2(Br)c2ccccc21. The minimum absolute atomic E-state index is 0.0964. The molecule has 1 aliphatic heterocycles. The number of alkyl halides is 2. The van der Waals surface area contributed by atoms with Crippen molar-refractivity contribution in [1.82, 2.24) is 0 Å². The van der Waals surface area contributed by atoms with E-state index in [1.165, 1.54) is 29.2 Å². The summed E-state index contributed by atoms with van der Waals surface area (Å²) < 4.78 is -1.69. The normalized spacial score (nSPS) is 30.7. The van der Waals surface area contributed by atoms with Gasteiger partial charge in [0.05, 0.1) is 26.2 Å². The topological polar surface area (TPSA) is 85.1 Å². The third-order valence-corrected chi connectivity index (χ3v) is 9.65. The number of nitrogens with zero attached hydrogens (tertiary/aromatic N) is 1. The van der Waals surface area contributed by atoms with Gasteiger partial charge in [-0.2, -0.15) is 5.23 Å². The van der Waals surface area contributed by atoms with Crippen molar-refractivity contribution in [3.63, 3.8) is 0 Å². The fraction of sp³-hybridized carbons (Fsp3) is 0.167. The van der Waals surface area contributed by atoms with E-state index in [1.807, 2.05) is 48.5 Å². The molecule has 0 radical (unpaired) electrons. The largest absolute Gasteiger partial charge is 0.595 e. The Hall–Kier alpha value is -2.36. The second-order valence-electron chi connectivity index (χ2n) is 8.33. The van der Waals surface area contributed by atoms with Crippen LogP contribution >= 0.6 is 31.9 Å². The average Bonchev–Trinajstić information content (AvgIpc) is 3.08. The number of hydrogen-bond acceptors (Lipinski definition) is 4. The van der Waals surface area contributed by atoms with E-state index in [0.29, 0.717) is 5.69 Å². The van der Waals surface area contributed by atoms with Crippen LogP contribution in [0.25, 0.3) is 0 Å². The van der Waals surface area contributed by atoms with Crippen molar-refractivity contribution < 1.29 is 20.0 Å². The van der Waals surface area contributed by atoms with Crippen molar-refractivity contribution in [3.8, 4) is 0 Å². The average molecular weight is 556 g/mol. The van der Waals surface area contributed by atoms with E-state index < -0.39 is 25.7 Å². The highest BCUT2D eigenvalue weighted by atomic mass is 79.9. The molecular weight excluding hydrogens is 540 g/mol. The Labute approximate surface area is 200 Å². The van der Waals surface area contributed by atoms with Gasteiger partial charge in [0.15, 0.2) is 5.69 Å². The van der Waals surface area contributed by atoms with Crippen molar-refractivity contribution in [2.45, 2.75) is 8.65 Å². The molecule has 0 aromatic heterocycles. The van der Waals surface area contributed by atoms with Gasteiger partial charge in [-0.3, -0.25) is 9.59 Å². The maximum Gasteiger partial charge on any atom is 0.239 e. The van der Waals surface area contributed by atoms with E-state index in [2.05, 4.69) is 31.9 Å². The van der Waals surface area contributed by atoms with Crippen LogP contribution in [0, 0.1) is 17.0 Å². The zero-order chi connectivity index (χ0) is 22.4. The molecule has 0 spiro atoms. The van der Waals surface area contributed by atoms with Crippen LogP contribution in [0.4, 0.5) is 11.4 Å². The number of nitrogens with one attached hydrogen (secondary N) is 1. The number of rotatable bonds is 2. The summed E-state index contributed by atoms with van der Waals surface area (Å²) in [5.41, 5.74) is 4.36. The van der Waals surface area contributed by atoms with Gasteiger partial charge < -0.3 is 5.21 Å². The molecule has 1 fully saturated rings. The number of carbonyl (C=O) groups is 2. The summed E-state index contributed by atoms with van der Waals surface area (Å²) in [7, 11) is 0. The first-order valence-electron chi connectivity index (χ1n) is 10.1. The molecule has 32 heavy (non-hydrogen) atoms. The summed E-state index contributed by atoms with van der Waals surface area (Å²) in [6, 6.07) is 21.7. The molecule has 6 nitrogen and oxygen atoms in total. The van der Waals surface area contributed by atoms with Crippen LogP contribution in [0.5, 0.6) is 0 Å². The Morgan fingerprint density at radius 3 is 1.47 bits per heavy atom. The molecule has 160 valence electrons. The monoisotopic (exact) mass is 554 g/mol. The first-order valence-corrected chi connectivity index (χ1v) is 11.7. The van der Waals surface area contributed by atoms with Gasteiger partial charge in [0.25, 0.3) is 0 Å². The minimum atomic E-state index is -1.06. The van der Waals surface area contributed by atoms with Gasteiger partial charge in [-0.05, 0) is 34.4 Å². The molecule has 3 atom stereocenters. The Morgan fingerprint density at radius 2 is 1.12 bits per heavy atom. The lowest BCUT2D eigenvalue weighted by atomic mass is 9.54. The van der Waals surface area contributed by atoms with E-state index in [0.717, 1.165) is 22.3 Å². The van der Waals surface area contributed by atoms with Crippen molar-refractivity contribution >= 4 is 55.0 Å². The fourth-order valence-corrected chi connectivity index (χ4v) is 7.98. The van der Waals surface area contributed by atoms with E-state index in [9.17, 15) is 20.0 Å².